The number of anilines is 2. The third-order valence-electron chi connectivity index (χ3n) is 2.79. The first-order valence-electron chi connectivity index (χ1n) is 5.92. The third kappa shape index (κ3) is 2.71. The highest BCUT2D eigenvalue weighted by atomic mass is 35.5. The average Bonchev–Trinajstić information content (AvgIpc) is 2.75. The van der Waals surface area contributed by atoms with Gasteiger partial charge in [0.15, 0.2) is 5.69 Å². The number of nitrogen functional groups attached to an aromatic ring is 1. The molecule has 2 aromatic rings. The zero-order valence-electron chi connectivity index (χ0n) is 10.8. The molecule has 0 atom stereocenters. The van der Waals surface area contributed by atoms with E-state index in [9.17, 15) is 4.79 Å². The molecule has 1 aromatic carbocycles. The topological polar surface area (TPSA) is 72.9 Å². The van der Waals surface area contributed by atoms with Crippen molar-refractivity contribution in [3.05, 3.63) is 40.7 Å². The van der Waals surface area contributed by atoms with Crippen LogP contribution in [0.3, 0.4) is 0 Å². The van der Waals surface area contributed by atoms with Crippen LogP contribution in [-0.4, -0.2) is 15.7 Å². The number of hydrogen-bond acceptors (Lipinski definition) is 3. The van der Waals surface area contributed by atoms with Crippen molar-refractivity contribution < 1.29 is 4.79 Å². The van der Waals surface area contributed by atoms with Gasteiger partial charge in [0.25, 0.3) is 5.91 Å². The van der Waals surface area contributed by atoms with Crippen LogP contribution in [0.1, 0.15) is 23.0 Å². The Balaban J connectivity index is 2.28. The summed E-state index contributed by atoms with van der Waals surface area (Å²) in [4.78, 5) is 12.1. The first-order valence-corrected chi connectivity index (χ1v) is 6.30. The fraction of sp³-hybridized carbons (Fsp3) is 0.231. The number of benzene rings is 1. The zero-order chi connectivity index (χ0) is 14.0. The van der Waals surface area contributed by atoms with Crippen LogP contribution in [-0.2, 0) is 6.54 Å². The normalized spacial score (nSPS) is 10.5. The van der Waals surface area contributed by atoms with Gasteiger partial charge in [-0.15, -0.1) is 0 Å². The number of nitrogens with zero attached hydrogens (tertiary/aromatic N) is 2. The number of halogens is 1. The van der Waals surface area contributed by atoms with E-state index < -0.39 is 0 Å². The number of aryl methyl sites for hydroxylation is 2. The Bertz CT molecular complexity index is 601. The smallest absolute Gasteiger partial charge is 0.278 e. The molecule has 1 heterocycles. The van der Waals surface area contributed by atoms with Gasteiger partial charge in [-0.3, -0.25) is 9.48 Å². The largest absolute Gasteiger partial charge is 0.396 e. The Hall–Kier alpha value is -2.01. The van der Waals surface area contributed by atoms with E-state index in [1.807, 2.05) is 26.0 Å². The minimum Gasteiger partial charge on any atom is -0.396 e. The number of carbonyl (C=O) groups is 1. The van der Waals surface area contributed by atoms with E-state index in [4.69, 9.17) is 17.3 Å². The van der Waals surface area contributed by atoms with E-state index in [0.717, 1.165) is 5.56 Å². The molecule has 0 aliphatic rings. The summed E-state index contributed by atoms with van der Waals surface area (Å²) in [6.07, 6.45) is 1.63. The molecule has 0 aliphatic heterocycles. The van der Waals surface area contributed by atoms with Gasteiger partial charge in [-0.05, 0) is 25.5 Å². The van der Waals surface area contributed by atoms with Crippen molar-refractivity contribution in [3.63, 3.8) is 0 Å². The van der Waals surface area contributed by atoms with Crippen molar-refractivity contribution in [3.8, 4) is 0 Å². The molecule has 0 saturated heterocycles. The third-order valence-corrected chi connectivity index (χ3v) is 3.10. The molecule has 19 heavy (non-hydrogen) atoms. The highest BCUT2D eigenvalue weighted by Gasteiger charge is 2.16. The second-order valence-corrected chi connectivity index (χ2v) is 4.58. The van der Waals surface area contributed by atoms with E-state index in [1.54, 1.807) is 16.9 Å². The molecular weight excluding hydrogens is 264 g/mol. The minimum absolute atomic E-state index is 0.209. The van der Waals surface area contributed by atoms with Gasteiger partial charge >= 0.3 is 0 Å². The molecule has 0 saturated carbocycles. The standard InChI is InChI=1S/C13H15ClN4O/c1-3-18-7-10(15)12(17-18)13(19)16-11-8(2)5-4-6-9(11)14/h4-7H,3,15H2,1-2H3,(H,16,19). The quantitative estimate of drug-likeness (QED) is 0.907. The highest BCUT2D eigenvalue weighted by molar-refractivity contribution is 6.34. The second-order valence-electron chi connectivity index (χ2n) is 4.17. The van der Waals surface area contributed by atoms with Crippen LogP contribution in [0.2, 0.25) is 5.02 Å². The first kappa shape index (κ1) is 13.4. The van der Waals surface area contributed by atoms with Crippen LogP contribution in [0.4, 0.5) is 11.4 Å². The summed E-state index contributed by atoms with van der Waals surface area (Å²) in [5, 5.41) is 7.35. The summed E-state index contributed by atoms with van der Waals surface area (Å²) in [6, 6.07) is 5.42. The van der Waals surface area contributed by atoms with Crippen LogP contribution < -0.4 is 11.1 Å². The lowest BCUT2D eigenvalue weighted by molar-refractivity contribution is 0.102. The van der Waals surface area contributed by atoms with Crippen molar-refractivity contribution in [2.24, 2.45) is 0 Å². The monoisotopic (exact) mass is 278 g/mol. The number of amides is 1. The Morgan fingerprint density at radius 1 is 1.53 bits per heavy atom. The maximum Gasteiger partial charge on any atom is 0.278 e. The number of para-hydroxylation sites is 1. The molecule has 0 fully saturated rings. The molecule has 1 aromatic heterocycles. The minimum atomic E-state index is -0.360. The summed E-state index contributed by atoms with van der Waals surface area (Å²) >= 11 is 6.06. The van der Waals surface area contributed by atoms with Gasteiger partial charge in [-0.2, -0.15) is 5.10 Å². The lowest BCUT2D eigenvalue weighted by atomic mass is 10.2. The number of nitrogens with one attached hydrogen (secondary N) is 1. The van der Waals surface area contributed by atoms with Gasteiger partial charge in [0.1, 0.15) is 0 Å². The van der Waals surface area contributed by atoms with Crippen molar-refractivity contribution in [2.45, 2.75) is 20.4 Å². The molecule has 0 unspecified atom stereocenters. The number of hydrogen-bond donors (Lipinski definition) is 2. The summed E-state index contributed by atoms with van der Waals surface area (Å²) < 4.78 is 1.61. The summed E-state index contributed by atoms with van der Waals surface area (Å²) in [6.45, 7) is 4.45. The van der Waals surface area contributed by atoms with Crippen LogP contribution in [0.25, 0.3) is 0 Å². The molecule has 6 heteroatoms. The van der Waals surface area contributed by atoms with Crippen LogP contribution >= 0.6 is 11.6 Å². The van der Waals surface area contributed by atoms with E-state index in [0.29, 0.717) is 22.9 Å². The zero-order valence-corrected chi connectivity index (χ0v) is 11.5. The van der Waals surface area contributed by atoms with Crippen molar-refractivity contribution in [1.29, 1.82) is 0 Å². The molecule has 0 radical (unpaired) electrons. The van der Waals surface area contributed by atoms with E-state index in [-0.39, 0.29) is 11.6 Å². The molecule has 0 bridgehead atoms. The molecule has 100 valence electrons. The van der Waals surface area contributed by atoms with Gasteiger partial charge in [0.05, 0.1) is 16.4 Å². The summed E-state index contributed by atoms with van der Waals surface area (Å²) in [5.74, 6) is -0.360. The van der Waals surface area contributed by atoms with E-state index in [2.05, 4.69) is 10.4 Å². The van der Waals surface area contributed by atoms with Crippen LogP contribution in [0, 0.1) is 6.92 Å². The Morgan fingerprint density at radius 2 is 2.26 bits per heavy atom. The Labute approximate surface area is 116 Å². The summed E-state index contributed by atoms with van der Waals surface area (Å²) in [7, 11) is 0. The van der Waals surface area contributed by atoms with E-state index in [1.165, 1.54) is 0 Å². The lowest BCUT2D eigenvalue weighted by Gasteiger charge is -2.09. The maximum absolute atomic E-state index is 12.1. The van der Waals surface area contributed by atoms with E-state index >= 15 is 0 Å². The highest BCUT2D eigenvalue weighted by Crippen LogP contribution is 2.26. The van der Waals surface area contributed by atoms with Gasteiger partial charge in [-0.1, -0.05) is 23.7 Å². The van der Waals surface area contributed by atoms with Crippen molar-refractivity contribution in [1.82, 2.24) is 9.78 Å². The Kier molecular flexibility index (Phi) is 3.76. The molecule has 2 rings (SSSR count). The predicted molar refractivity (Wildman–Crippen MR) is 76.5 cm³/mol. The SMILES string of the molecule is CCn1cc(N)c(C(=O)Nc2c(C)cccc2Cl)n1. The molecule has 3 N–H and O–H groups in total. The predicted octanol–water partition coefficient (Wildman–Crippen LogP) is 2.70. The second kappa shape index (κ2) is 5.32. The average molecular weight is 279 g/mol. The number of rotatable bonds is 3. The lowest BCUT2D eigenvalue weighted by Crippen LogP contribution is -2.15. The number of aromatic nitrogens is 2. The van der Waals surface area contributed by atoms with Crippen molar-refractivity contribution >= 4 is 28.9 Å². The Morgan fingerprint density at radius 3 is 2.84 bits per heavy atom. The van der Waals surface area contributed by atoms with Gasteiger partial charge in [-0.25, -0.2) is 0 Å². The molecule has 0 spiro atoms. The molecule has 1 amide bonds. The van der Waals surface area contributed by atoms with Crippen LogP contribution in [0.15, 0.2) is 24.4 Å². The van der Waals surface area contributed by atoms with Gasteiger partial charge < -0.3 is 11.1 Å². The molecule has 0 aliphatic carbocycles. The maximum atomic E-state index is 12.1. The first-order chi connectivity index (χ1) is 9.02. The van der Waals surface area contributed by atoms with Crippen LogP contribution in [0.5, 0.6) is 0 Å². The van der Waals surface area contributed by atoms with Crippen molar-refractivity contribution in [2.75, 3.05) is 11.1 Å². The molecule has 5 nitrogen and oxygen atoms in total. The number of nitrogens with two attached hydrogens (primary N) is 1. The fourth-order valence-corrected chi connectivity index (χ4v) is 2.01. The number of carbonyl (C=O) groups excluding carboxylic acids is 1. The summed E-state index contributed by atoms with van der Waals surface area (Å²) in [5.41, 5.74) is 7.80. The fourth-order valence-electron chi connectivity index (χ4n) is 1.74. The molecular formula is C13H15ClN4O. The van der Waals surface area contributed by atoms with Gasteiger partial charge in [0, 0.05) is 12.7 Å². The van der Waals surface area contributed by atoms with Gasteiger partial charge in [0.2, 0.25) is 0 Å².